The van der Waals surface area contributed by atoms with Gasteiger partial charge in [-0.2, -0.15) is 0 Å². The van der Waals surface area contributed by atoms with E-state index in [1.807, 2.05) is 13.8 Å². The van der Waals surface area contributed by atoms with Gasteiger partial charge >= 0.3 is 0 Å². The van der Waals surface area contributed by atoms with Gasteiger partial charge in [-0.1, -0.05) is 6.82 Å². The Morgan fingerprint density at radius 1 is 1.50 bits per heavy atom. The minimum Gasteiger partial charge on any atom is -0.348 e. The lowest BCUT2D eigenvalue weighted by Crippen LogP contribution is -2.53. The molecule has 0 aliphatic rings. The van der Waals surface area contributed by atoms with Crippen molar-refractivity contribution in [3.8, 4) is 0 Å². The Hall–Kier alpha value is -0.505. The summed E-state index contributed by atoms with van der Waals surface area (Å²) >= 11 is 0. The fraction of sp³-hybridized carbons (Fsp3) is 0.833. The molecule has 0 aromatic rings. The Balaban J connectivity index is 3.76. The predicted octanol–water partition coefficient (Wildman–Crippen LogP) is 0.404. The number of amides is 1. The molecule has 57 valence electrons. The first-order valence-corrected chi connectivity index (χ1v) is 3.32. The van der Waals surface area contributed by atoms with Gasteiger partial charge in [-0.15, -0.1) is 0 Å². The van der Waals surface area contributed by atoms with E-state index >= 15 is 0 Å². The van der Waals surface area contributed by atoms with E-state index in [-0.39, 0.29) is 11.5 Å². The van der Waals surface area contributed by atoms with Crippen LogP contribution in [0.1, 0.15) is 13.8 Å². The third kappa shape index (κ3) is 3.51. The molecule has 0 aliphatic heterocycles. The van der Waals surface area contributed by atoms with Crippen LogP contribution in [-0.2, 0) is 0 Å². The molecule has 1 radical (unpaired) electrons. The highest BCUT2D eigenvalue weighted by molar-refractivity contribution is 6.72. The van der Waals surface area contributed by atoms with Crippen LogP contribution < -0.4 is 10.6 Å². The molecule has 0 bridgehead atoms. The first-order chi connectivity index (χ1) is 4.52. The van der Waals surface area contributed by atoms with Crippen molar-refractivity contribution in [2.75, 3.05) is 7.05 Å². The minimum absolute atomic E-state index is 0.0562. The zero-order chi connectivity index (χ0) is 8.20. The number of rotatable bonds is 3. The van der Waals surface area contributed by atoms with Gasteiger partial charge in [0.05, 0.1) is 5.66 Å². The zero-order valence-corrected chi connectivity index (χ0v) is 6.99. The van der Waals surface area contributed by atoms with Crippen LogP contribution in [0, 0.1) is 0 Å². The Kier molecular flexibility index (Phi) is 3.43. The Morgan fingerprint density at radius 3 is 2.30 bits per heavy atom. The van der Waals surface area contributed by atoms with Crippen molar-refractivity contribution in [3.05, 3.63) is 0 Å². The van der Waals surface area contributed by atoms with Crippen molar-refractivity contribution in [2.45, 2.75) is 26.3 Å². The summed E-state index contributed by atoms with van der Waals surface area (Å²) in [7, 11) is 3.30. The van der Waals surface area contributed by atoms with Gasteiger partial charge in [0.15, 0.2) is 5.81 Å². The van der Waals surface area contributed by atoms with Crippen molar-refractivity contribution in [3.63, 3.8) is 0 Å². The van der Waals surface area contributed by atoms with Crippen molar-refractivity contribution < 1.29 is 4.79 Å². The van der Waals surface area contributed by atoms with Crippen LogP contribution in [-0.4, -0.2) is 25.8 Å². The molecule has 0 spiro atoms. The molecule has 0 unspecified atom stereocenters. The molecule has 0 heterocycles. The maximum atomic E-state index is 10.8. The van der Waals surface area contributed by atoms with E-state index in [0.29, 0.717) is 0 Å². The standard InChI is InChI=1S/C6H14BN2O/c1-6(2,8-4)9-5(10)7-3/h8H,1-4H3,(H,9,10). The smallest absolute Gasteiger partial charge is 0.229 e. The molecule has 0 aromatic carbocycles. The maximum Gasteiger partial charge on any atom is 0.229 e. The summed E-state index contributed by atoms with van der Waals surface area (Å²) in [5, 5.41) is 5.70. The largest absolute Gasteiger partial charge is 0.348 e. The number of hydrogen-bond donors (Lipinski definition) is 2. The normalized spacial score (nSPS) is 10.8. The summed E-state index contributed by atoms with van der Waals surface area (Å²) in [6, 6.07) is 0. The van der Waals surface area contributed by atoms with Crippen LogP contribution in [0.3, 0.4) is 0 Å². The lowest BCUT2D eigenvalue weighted by Gasteiger charge is -2.25. The molecule has 0 aromatic heterocycles. The minimum atomic E-state index is -0.316. The molecule has 2 N–H and O–H groups in total. The van der Waals surface area contributed by atoms with E-state index in [1.54, 1.807) is 13.9 Å². The average Bonchev–Trinajstić information content (AvgIpc) is 1.87. The third-order valence-electron chi connectivity index (χ3n) is 1.32. The highest BCUT2D eigenvalue weighted by atomic mass is 16.1. The molecule has 0 rings (SSSR count). The molecule has 0 atom stereocenters. The quantitative estimate of drug-likeness (QED) is 0.441. The highest BCUT2D eigenvalue weighted by Crippen LogP contribution is 1.93. The summed E-state index contributed by atoms with van der Waals surface area (Å²) in [5.41, 5.74) is -0.316. The lowest BCUT2D eigenvalue weighted by molar-refractivity contribution is 0.244. The molecule has 3 nitrogen and oxygen atoms in total. The van der Waals surface area contributed by atoms with E-state index in [1.165, 1.54) is 7.28 Å². The highest BCUT2D eigenvalue weighted by Gasteiger charge is 2.15. The first-order valence-electron chi connectivity index (χ1n) is 3.32. The fourth-order valence-corrected chi connectivity index (χ4v) is 0.443. The van der Waals surface area contributed by atoms with Crippen molar-refractivity contribution in [1.82, 2.24) is 10.6 Å². The molecule has 0 saturated heterocycles. The van der Waals surface area contributed by atoms with Crippen LogP contribution in [0.5, 0.6) is 0 Å². The van der Waals surface area contributed by atoms with Gasteiger partial charge in [0.25, 0.3) is 0 Å². The van der Waals surface area contributed by atoms with E-state index in [4.69, 9.17) is 0 Å². The summed E-state index contributed by atoms with van der Waals surface area (Å²) in [6.45, 7) is 5.50. The van der Waals surface area contributed by atoms with Gasteiger partial charge in [0.2, 0.25) is 7.28 Å². The second-order valence-corrected chi connectivity index (χ2v) is 2.65. The topological polar surface area (TPSA) is 41.1 Å². The molecule has 10 heavy (non-hydrogen) atoms. The lowest BCUT2D eigenvalue weighted by atomic mass is 9.81. The SMILES string of the molecule is C[B]C(=O)NC(C)(C)NC. The summed E-state index contributed by atoms with van der Waals surface area (Å²) in [6.07, 6.45) is 0. The van der Waals surface area contributed by atoms with E-state index in [2.05, 4.69) is 10.6 Å². The van der Waals surface area contributed by atoms with Gasteiger partial charge < -0.3 is 5.32 Å². The molecule has 1 amide bonds. The van der Waals surface area contributed by atoms with Gasteiger partial charge in [-0.25, -0.2) is 0 Å². The van der Waals surface area contributed by atoms with Crippen LogP contribution >= 0.6 is 0 Å². The monoisotopic (exact) mass is 141 g/mol. The van der Waals surface area contributed by atoms with Crippen molar-refractivity contribution in [1.29, 1.82) is 0 Å². The van der Waals surface area contributed by atoms with Crippen molar-refractivity contribution >= 4 is 13.1 Å². The first kappa shape index (κ1) is 9.49. The van der Waals surface area contributed by atoms with Gasteiger partial charge in [-0.05, 0) is 20.9 Å². The Labute approximate surface area is 62.8 Å². The third-order valence-corrected chi connectivity index (χ3v) is 1.32. The van der Waals surface area contributed by atoms with Crippen LogP contribution in [0.2, 0.25) is 6.82 Å². The Morgan fingerprint density at radius 2 is 2.00 bits per heavy atom. The summed E-state index contributed by atoms with van der Waals surface area (Å²) in [4.78, 5) is 10.8. The Bertz CT molecular complexity index is 125. The second-order valence-electron chi connectivity index (χ2n) is 2.65. The molecule has 0 saturated carbocycles. The van der Waals surface area contributed by atoms with Crippen LogP contribution in [0.4, 0.5) is 4.79 Å². The molecule has 4 heteroatoms. The fourth-order valence-electron chi connectivity index (χ4n) is 0.443. The van der Waals surface area contributed by atoms with E-state index in [0.717, 1.165) is 0 Å². The van der Waals surface area contributed by atoms with E-state index < -0.39 is 0 Å². The van der Waals surface area contributed by atoms with Gasteiger partial charge in [0, 0.05) is 0 Å². The van der Waals surface area contributed by atoms with Crippen molar-refractivity contribution in [2.24, 2.45) is 0 Å². The molecular weight excluding hydrogens is 127 g/mol. The van der Waals surface area contributed by atoms with E-state index in [9.17, 15) is 4.79 Å². The summed E-state index contributed by atoms with van der Waals surface area (Å²) < 4.78 is 0. The number of hydrogen-bond acceptors (Lipinski definition) is 2. The average molecular weight is 141 g/mol. The molecular formula is C6H14BN2O. The summed E-state index contributed by atoms with van der Waals surface area (Å²) in [5.74, 6) is -0.0562. The van der Waals surface area contributed by atoms with Gasteiger partial charge in [0.1, 0.15) is 0 Å². The van der Waals surface area contributed by atoms with Crippen LogP contribution in [0.25, 0.3) is 0 Å². The predicted molar refractivity (Wildman–Crippen MR) is 43.3 cm³/mol. The second kappa shape index (κ2) is 3.61. The molecule has 0 fully saturated rings. The van der Waals surface area contributed by atoms with Crippen LogP contribution in [0.15, 0.2) is 0 Å². The molecule has 0 aliphatic carbocycles. The number of carbonyl (C=O) groups is 1. The number of carbonyl (C=O) groups excluding carboxylic acids is 1. The maximum absolute atomic E-state index is 10.8. The van der Waals surface area contributed by atoms with Gasteiger partial charge in [-0.3, -0.25) is 10.1 Å². The zero-order valence-electron chi connectivity index (χ0n) is 6.99. The number of nitrogens with one attached hydrogen (secondary N) is 2.